The van der Waals surface area contributed by atoms with Crippen LogP contribution >= 0.6 is 0 Å². The van der Waals surface area contributed by atoms with E-state index in [1.807, 2.05) is 22.9 Å². The molecule has 2 aromatic carbocycles. The predicted molar refractivity (Wildman–Crippen MR) is 131 cm³/mol. The third kappa shape index (κ3) is 4.62. The minimum Gasteiger partial charge on any atom is -0.492 e. The highest BCUT2D eigenvalue weighted by Crippen LogP contribution is 2.44. The number of esters is 1. The number of nitrogens with zero attached hydrogens (tertiary/aromatic N) is 3. The summed E-state index contributed by atoms with van der Waals surface area (Å²) in [6.45, 7) is 2.48. The van der Waals surface area contributed by atoms with E-state index in [1.54, 1.807) is 18.3 Å². The second kappa shape index (κ2) is 9.65. The number of hydrogen-bond acceptors (Lipinski definition) is 6. The lowest BCUT2D eigenvalue weighted by Gasteiger charge is -2.29. The molecule has 2 aliphatic heterocycles. The van der Waals surface area contributed by atoms with Crippen molar-refractivity contribution in [1.82, 2.24) is 14.7 Å². The lowest BCUT2D eigenvalue weighted by atomic mass is 9.96. The van der Waals surface area contributed by atoms with E-state index in [2.05, 4.69) is 10.00 Å². The summed E-state index contributed by atoms with van der Waals surface area (Å²) in [5, 5.41) is 4.27. The molecule has 10 heteroatoms. The van der Waals surface area contributed by atoms with Gasteiger partial charge < -0.3 is 14.2 Å². The van der Waals surface area contributed by atoms with E-state index in [4.69, 9.17) is 14.2 Å². The zero-order valence-corrected chi connectivity index (χ0v) is 21.0. The molecule has 0 spiro atoms. The lowest BCUT2D eigenvalue weighted by Crippen LogP contribution is -2.34. The van der Waals surface area contributed by atoms with E-state index in [9.17, 15) is 18.0 Å². The molecule has 38 heavy (non-hydrogen) atoms. The Balaban J connectivity index is 1.24. The summed E-state index contributed by atoms with van der Waals surface area (Å²) in [6.07, 6.45) is -1.69. The average molecular weight is 528 g/mol. The van der Waals surface area contributed by atoms with Crippen LogP contribution in [0.1, 0.15) is 58.4 Å². The number of hydrogen-bond donors (Lipinski definition) is 0. The van der Waals surface area contributed by atoms with Crippen molar-refractivity contribution < 1.29 is 32.2 Å². The number of carbonyl (C=O) groups excluding carboxylic acids is 1. The molecule has 0 fully saturated rings. The highest BCUT2D eigenvalue weighted by molar-refractivity contribution is 5.71. The highest BCUT2D eigenvalue weighted by atomic mass is 19.4. The summed E-state index contributed by atoms with van der Waals surface area (Å²) in [5.41, 5.74) is 3.25. The number of benzene rings is 2. The average Bonchev–Trinajstić information content (AvgIpc) is 3.62. The Kier molecular flexibility index (Phi) is 6.29. The third-order valence-electron chi connectivity index (χ3n) is 7.76. The van der Waals surface area contributed by atoms with Crippen LogP contribution in [0.25, 0.3) is 0 Å². The van der Waals surface area contributed by atoms with E-state index in [0.29, 0.717) is 56.1 Å². The number of alkyl halides is 3. The molecule has 0 radical (unpaired) electrons. The Morgan fingerprint density at radius 3 is 2.82 bits per heavy atom. The first-order valence-corrected chi connectivity index (χ1v) is 12.7. The van der Waals surface area contributed by atoms with Crippen molar-refractivity contribution in [2.75, 3.05) is 20.3 Å². The van der Waals surface area contributed by atoms with Crippen LogP contribution in [0.2, 0.25) is 0 Å². The maximum atomic E-state index is 14.1. The van der Waals surface area contributed by atoms with Crippen LogP contribution < -0.4 is 9.47 Å². The van der Waals surface area contributed by atoms with Crippen molar-refractivity contribution in [3.63, 3.8) is 0 Å². The Labute approximate surface area is 218 Å². The molecule has 6 rings (SSSR count). The Hall–Kier alpha value is -3.53. The fraction of sp³-hybridized carbons (Fsp3) is 0.429. The molecule has 7 nitrogen and oxygen atoms in total. The fourth-order valence-corrected chi connectivity index (χ4v) is 5.85. The number of halogens is 3. The normalized spacial score (nSPS) is 20.4. The molecule has 0 amide bonds. The quantitative estimate of drug-likeness (QED) is 0.420. The van der Waals surface area contributed by atoms with E-state index in [1.165, 1.54) is 13.2 Å². The van der Waals surface area contributed by atoms with E-state index in [0.717, 1.165) is 22.4 Å². The first kappa shape index (κ1) is 24.8. The van der Waals surface area contributed by atoms with Crippen LogP contribution in [-0.4, -0.2) is 40.9 Å². The summed E-state index contributed by atoms with van der Waals surface area (Å²) in [7, 11) is 1.36. The molecule has 0 N–H and O–H groups in total. The van der Waals surface area contributed by atoms with Gasteiger partial charge in [-0.15, -0.1) is 0 Å². The minimum atomic E-state index is -4.43. The van der Waals surface area contributed by atoms with Gasteiger partial charge in [-0.05, 0) is 47.7 Å². The van der Waals surface area contributed by atoms with Crippen molar-refractivity contribution in [3.8, 4) is 11.5 Å². The fourth-order valence-electron chi connectivity index (χ4n) is 5.85. The zero-order valence-electron chi connectivity index (χ0n) is 21.0. The van der Waals surface area contributed by atoms with Crippen LogP contribution in [0, 0.1) is 0 Å². The second-order valence-corrected chi connectivity index (χ2v) is 10.0. The van der Waals surface area contributed by atoms with Gasteiger partial charge in [0.15, 0.2) is 0 Å². The number of aromatic nitrogens is 2. The molecular weight excluding hydrogens is 499 g/mol. The van der Waals surface area contributed by atoms with Gasteiger partial charge in [-0.2, -0.15) is 18.3 Å². The van der Waals surface area contributed by atoms with E-state index >= 15 is 0 Å². The lowest BCUT2D eigenvalue weighted by molar-refractivity contribution is -0.141. The number of fused-ring (bicyclic) bond motifs is 3. The molecule has 1 aromatic heterocycles. The van der Waals surface area contributed by atoms with Gasteiger partial charge in [0.25, 0.3) is 0 Å². The summed E-state index contributed by atoms with van der Waals surface area (Å²) >= 11 is 0. The number of carbonyl (C=O) groups is 1. The summed E-state index contributed by atoms with van der Waals surface area (Å²) in [4.78, 5) is 13.7. The first-order valence-electron chi connectivity index (χ1n) is 12.7. The molecular formula is C28H28F3N3O4. The number of rotatable bonds is 6. The molecule has 3 aliphatic rings. The summed E-state index contributed by atoms with van der Waals surface area (Å²) in [6, 6.07) is 10.2. The van der Waals surface area contributed by atoms with Gasteiger partial charge in [-0.3, -0.25) is 14.4 Å². The molecule has 200 valence electrons. The molecule has 3 aromatic rings. The van der Waals surface area contributed by atoms with E-state index < -0.39 is 11.7 Å². The third-order valence-corrected chi connectivity index (χ3v) is 7.76. The smallest absolute Gasteiger partial charge is 0.416 e. The van der Waals surface area contributed by atoms with Crippen LogP contribution in [0.4, 0.5) is 13.2 Å². The van der Waals surface area contributed by atoms with Crippen molar-refractivity contribution in [1.29, 1.82) is 0 Å². The Morgan fingerprint density at radius 1 is 1.16 bits per heavy atom. The number of ether oxygens (including phenoxy) is 3. The SMILES string of the molecule is COC(=O)C[C@@H]1COc2cc(O[C@@H]3CCc4c3ccc(C(F)(F)F)c4CN3CCn4nccc4C3)ccc21. The van der Waals surface area contributed by atoms with Gasteiger partial charge in [0, 0.05) is 43.4 Å². The Bertz CT molecular complexity index is 1370. The van der Waals surface area contributed by atoms with Gasteiger partial charge in [0.2, 0.25) is 0 Å². The first-order chi connectivity index (χ1) is 18.3. The minimum absolute atomic E-state index is 0.0736. The molecule has 0 saturated carbocycles. The maximum Gasteiger partial charge on any atom is 0.416 e. The van der Waals surface area contributed by atoms with Gasteiger partial charge in [0.05, 0.1) is 37.9 Å². The predicted octanol–water partition coefficient (Wildman–Crippen LogP) is 5.02. The topological polar surface area (TPSA) is 65.8 Å². The van der Waals surface area contributed by atoms with Crippen LogP contribution in [0.3, 0.4) is 0 Å². The summed E-state index contributed by atoms with van der Waals surface area (Å²) < 4.78 is 60.9. The van der Waals surface area contributed by atoms with Crippen LogP contribution in [0.15, 0.2) is 42.6 Å². The zero-order chi connectivity index (χ0) is 26.4. The van der Waals surface area contributed by atoms with Crippen LogP contribution in [-0.2, 0) is 41.8 Å². The molecule has 3 heterocycles. The van der Waals surface area contributed by atoms with Gasteiger partial charge in [0.1, 0.15) is 17.6 Å². The van der Waals surface area contributed by atoms with Crippen molar-refractivity contribution in [3.05, 3.63) is 76.1 Å². The van der Waals surface area contributed by atoms with E-state index in [-0.39, 0.29) is 31.0 Å². The van der Waals surface area contributed by atoms with Crippen molar-refractivity contribution in [2.24, 2.45) is 0 Å². The maximum absolute atomic E-state index is 14.1. The summed E-state index contributed by atoms with van der Waals surface area (Å²) in [5.74, 6) is 0.882. The van der Waals surface area contributed by atoms with Crippen molar-refractivity contribution >= 4 is 5.97 Å². The molecule has 0 unspecified atom stereocenters. The standard InChI is InChI=1S/C28H28F3N3O4/c1-36-27(35)12-17-16-37-26-13-19(2-3-20(17)26)38-25-7-5-21-22(25)4-6-24(28(29,30)31)23(21)15-33-10-11-34-18(14-33)8-9-32-34/h2-4,6,8-9,13,17,25H,5,7,10-12,14-16H2,1H3/t17-,25-/m1/s1. The molecule has 2 atom stereocenters. The van der Waals surface area contributed by atoms with Crippen molar-refractivity contribution in [2.45, 2.75) is 57.1 Å². The van der Waals surface area contributed by atoms with Gasteiger partial charge in [-0.25, -0.2) is 0 Å². The largest absolute Gasteiger partial charge is 0.492 e. The second-order valence-electron chi connectivity index (χ2n) is 10.0. The monoisotopic (exact) mass is 527 g/mol. The highest BCUT2D eigenvalue weighted by Gasteiger charge is 2.38. The van der Waals surface area contributed by atoms with Crippen LogP contribution in [0.5, 0.6) is 11.5 Å². The number of methoxy groups -OCH3 is 1. The molecule has 0 saturated heterocycles. The van der Waals surface area contributed by atoms with Gasteiger partial charge >= 0.3 is 12.1 Å². The molecule has 1 aliphatic carbocycles. The van der Waals surface area contributed by atoms with Gasteiger partial charge in [-0.1, -0.05) is 12.1 Å². The Morgan fingerprint density at radius 2 is 2.00 bits per heavy atom. The molecule has 0 bridgehead atoms.